The molecule has 0 saturated heterocycles. The number of methoxy groups -OCH3 is 1. The Kier molecular flexibility index (Phi) is 3.81. The molecule has 2 aromatic rings. The Balaban J connectivity index is 2.45. The largest absolute Gasteiger partial charge is 0.497 e. The van der Waals surface area contributed by atoms with Gasteiger partial charge in [0.1, 0.15) is 5.75 Å². The lowest BCUT2D eigenvalue weighted by Gasteiger charge is -2.12. The SMILES string of the molecule is COc1ccc(C(C#N)c2ccccc2C#N)cc1. The Morgan fingerprint density at radius 2 is 1.68 bits per heavy atom. The van der Waals surface area contributed by atoms with Gasteiger partial charge in [-0.2, -0.15) is 10.5 Å². The van der Waals surface area contributed by atoms with Gasteiger partial charge in [0.05, 0.1) is 30.7 Å². The molecule has 0 aliphatic carbocycles. The first kappa shape index (κ1) is 12.7. The van der Waals surface area contributed by atoms with E-state index in [4.69, 9.17) is 10.00 Å². The topological polar surface area (TPSA) is 56.8 Å². The monoisotopic (exact) mass is 248 g/mol. The number of benzene rings is 2. The number of nitrogens with zero attached hydrogens (tertiary/aromatic N) is 2. The van der Waals surface area contributed by atoms with Gasteiger partial charge in [-0.1, -0.05) is 30.3 Å². The lowest BCUT2D eigenvalue weighted by Crippen LogP contribution is -2.01. The van der Waals surface area contributed by atoms with Crippen molar-refractivity contribution in [3.05, 3.63) is 65.2 Å². The predicted octanol–water partition coefficient (Wildman–Crippen LogP) is 3.22. The molecule has 2 rings (SSSR count). The molecule has 0 saturated carbocycles. The third kappa shape index (κ3) is 2.56. The highest BCUT2D eigenvalue weighted by atomic mass is 16.5. The summed E-state index contributed by atoms with van der Waals surface area (Å²) in [7, 11) is 1.60. The van der Waals surface area contributed by atoms with Gasteiger partial charge in [0.2, 0.25) is 0 Å². The minimum atomic E-state index is -0.443. The second-order valence-corrected chi connectivity index (χ2v) is 4.03. The molecule has 3 nitrogen and oxygen atoms in total. The quantitative estimate of drug-likeness (QED) is 0.837. The average Bonchev–Trinajstić information content (AvgIpc) is 2.49. The summed E-state index contributed by atoms with van der Waals surface area (Å²) < 4.78 is 5.10. The number of hydrogen-bond donors (Lipinski definition) is 0. The molecule has 0 amide bonds. The maximum Gasteiger partial charge on any atom is 0.118 e. The van der Waals surface area contributed by atoms with Gasteiger partial charge in [-0.05, 0) is 29.3 Å². The molecule has 0 bridgehead atoms. The van der Waals surface area contributed by atoms with Gasteiger partial charge < -0.3 is 4.74 Å². The van der Waals surface area contributed by atoms with Crippen LogP contribution in [0.4, 0.5) is 0 Å². The van der Waals surface area contributed by atoms with Crippen molar-refractivity contribution in [1.29, 1.82) is 10.5 Å². The van der Waals surface area contributed by atoms with Gasteiger partial charge >= 0.3 is 0 Å². The fourth-order valence-corrected chi connectivity index (χ4v) is 1.97. The van der Waals surface area contributed by atoms with E-state index < -0.39 is 5.92 Å². The molecule has 0 radical (unpaired) electrons. The van der Waals surface area contributed by atoms with Crippen molar-refractivity contribution in [1.82, 2.24) is 0 Å². The Morgan fingerprint density at radius 3 is 2.26 bits per heavy atom. The molecule has 1 atom stereocenters. The molecule has 2 aromatic carbocycles. The van der Waals surface area contributed by atoms with Gasteiger partial charge in [-0.15, -0.1) is 0 Å². The molecule has 0 aliphatic heterocycles. The Bertz CT molecular complexity index is 648. The van der Waals surface area contributed by atoms with Crippen LogP contribution >= 0.6 is 0 Å². The number of ether oxygens (including phenoxy) is 1. The normalized spacial score (nSPS) is 11.1. The predicted molar refractivity (Wildman–Crippen MR) is 71.6 cm³/mol. The molecule has 1 unspecified atom stereocenters. The molecule has 0 aliphatic rings. The third-order valence-electron chi connectivity index (χ3n) is 2.97. The van der Waals surface area contributed by atoms with E-state index in [2.05, 4.69) is 12.1 Å². The summed E-state index contributed by atoms with van der Waals surface area (Å²) >= 11 is 0. The van der Waals surface area contributed by atoms with Gasteiger partial charge in [0.25, 0.3) is 0 Å². The molecule has 0 heterocycles. The van der Waals surface area contributed by atoms with Crippen molar-refractivity contribution in [2.75, 3.05) is 7.11 Å². The van der Waals surface area contributed by atoms with Crippen LogP contribution in [0.15, 0.2) is 48.5 Å². The van der Waals surface area contributed by atoms with E-state index in [9.17, 15) is 5.26 Å². The van der Waals surface area contributed by atoms with Crippen LogP contribution in [0.5, 0.6) is 5.75 Å². The van der Waals surface area contributed by atoms with E-state index in [0.29, 0.717) is 5.56 Å². The average molecular weight is 248 g/mol. The standard InChI is InChI=1S/C16H12N2O/c1-19-14-8-6-12(7-9-14)16(11-18)15-5-3-2-4-13(15)10-17/h2-9,16H,1H3. The molecule has 0 aromatic heterocycles. The van der Waals surface area contributed by atoms with Crippen molar-refractivity contribution in [2.24, 2.45) is 0 Å². The maximum atomic E-state index is 9.39. The van der Waals surface area contributed by atoms with Crippen LogP contribution in [0, 0.1) is 22.7 Å². The van der Waals surface area contributed by atoms with Gasteiger partial charge in [-0.3, -0.25) is 0 Å². The summed E-state index contributed by atoms with van der Waals surface area (Å²) in [4.78, 5) is 0. The zero-order valence-corrected chi connectivity index (χ0v) is 10.5. The number of hydrogen-bond acceptors (Lipinski definition) is 3. The first-order valence-electron chi connectivity index (χ1n) is 5.82. The summed E-state index contributed by atoms with van der Waals surface area (Å²) in [5, 5.41) is 18.5. The lowest BCUT2D eigenvalue weighted by molar-refractivity contribution is 0.414. The minimum absolute atomic E-state index is 0.443. The van der Waals surface area contributed by atoms with E-state index >= 15 is 0 Å². The highest BCUT2D eigenvalue weighted by molar-refractivity contribution is 5.48. The minimum Gasteiger partial charge on any atom is -0.497 e. The summed E-state index contributed by atoms with van der Waals surface area (Å²) in [6.07, 6.45) is 0. The Morgan fingerprint density at radius 1 is 1.00 bits per heavy atom. The van der Waals surface area contributed by atoms with Crippen molar-refractivity contribution in [3.8, 4) is 17.9 Å². The first-order chi connectivity index (χ1) is 9.30. The van der Waals surface area contributed by atoms with Crippen LogP contribution in [0.1, 0.15) is 22.6 Å². The zero-order valence-electron chi connectivity index (χ0n) is 10.5. The fraction of sp³-hybridized carbons (Fsp3) is 0.125. The lowest BCUT2D eigenvalue weighted by atomic mass is 9.89. The van der Waals surface area contributed by atoms with Crippen LogP contribution < -0.4 is 4.74 Å². The summed E-state index contributed by atoms with van der Waals surface area (Å²) in [5.41, 5.74) is 2.12. The highest BCUT2D eigenvalue weighted by Gasteiger charge is 2.16. The van der Waals surface area contributed by atoms with Crippen molar-refractivity contribution >= 4 is 0 Å². The Labute approximate surface area is 112 Å². The van der Waals surface area contributed by atoms with Crippen LogP contribution in [-0.4, -0.2) is 7.11 Å². The van der Waals surface area contributed by atoms with Crippen LogP contribution in [-0.2, 0) is 0 Å². The number of nitriles is 2. The van der Waals surface area contributed by atoms with Crippen molar-refractivity contribution in [3.63, 3.8) is 0 Å². The van der Waals surface area contributed by atoms with E-state index in [1.807, 2.05) is 36.4 Å². The molecule has 0 N–H and O–H groups in total. The van der Waals surface area contributed by atoms with E-state index in [-0.39, 0.29) is 0 Å². The van der Waals surface area contributed by atoms with Gasteiger partial charge in [-0.25, -0.2) is 0 Å². The third-order valence-corrected chi connectivity index (χ3v) is 2.97. The number of rotatable bonds is 3. The second kappa shape index (κ2) is 5.71. The van der Waals surface area contributed by atoms with E-state index in [0.717, 1.165) is 16.9 Å². The van der Waals surface area contributed by atoms with Crippen molar-refractivity contribution in [2.45, 2.75) is 5.92 Å². The highest BCUT2D eigenvalue weighted by Crippen LogP contribution is 2.27. The van der Waals surface area contributed by atoms with Gasteiger partial charge in [0.15, 0.2) is 0 Å². The first-order valence-corrected chi connectivity index (χ1v) is 5.82. The fourth-order valence-electron chi connectivity index (χ4n) is 1.97. The zero-order chi connectivity index (χ0) is 13.7. The van der Waals surface area contributed by atoms with Crippen LogP contribution in [0.25, 0.3) is 0 Å². The van der Waals surface area contributed by atoms with E-state index in [1.165, 1.54) is 0 Å². The molecular weight excluding hydrogens is 236 g/mol. The smallest absolute Gasteiger partial charge is 0.118 e. The summed E-state index contributed by atoms with van der Waals surface area (Å²) in [6.45, 7) is 0. The Hall–Kier alpha value is -2.78. The van der Waals surface area contributed by atoms with Crippen LogP contribution in [0.2, 0.25) is 0 Å². The molecule has 0 fully saturated rings. The molecule has 0 spiro atoms. The van der Waals surface area contributed by atoms with Gasteiger partial charge in [0, 0.05) is 0 Å². The second-order valence-electron chi connectivity index (χ2n) is 4.03. The van der Waals surface area contributed by atoms with Crippen molar-refractivity contribution < 1.29 is 4.74 Å². The molecule has 3 heteroatoms. The van der Waals surface area contributed by atoms with Crippen LogP contribution in [0.3, 0.4) is 0 Å². The summed E-state index contributed by atoms with van der Waals surface area (Å²) in [5.74, 6) is 0.302. The molecule has 92 valence electrons. The summed E-state index contributed by atoms with van der Waals surface area (Å²) in [6, 6.07) is 18.9. The maximum absolute atomic E-state index is 9.39. The molecular formula is C16H12N2O. The van der Waals surface area contributed by atoms with E-state index in [1.54, 1.807) is 19.2 Å². The molecule has 19 heavy (non-hydrogen) atoms.